The molecule has 5 amide bonds. The van der Waals surface area contributed by atoms with Crippen LogP contribution in [0.2, 0.25) is 0 Å². The molecule has 1 aromatic carbocycles. The minimum Gasteiger partial charge on any atom is -0.444 e. The molecule has 1 unspecified atom stereocenters. The van der Waals surface area contributed by atoms with Crippen LogP contribution in [0.3, 0.4) is 0 Å². The molecule has 4 N–H and O–H groups in total. The number of piperidine rings is 1. The maximum Gasteiger partial charge on any atom is 0.408 e. The third-order valence-electron chi connectivity index (χ3n) is 9.66. The highest BCUT2D eigenvalue weighted by Crippen LogP contribution is 2.51. The van der Waals surface area contributed by atoms with Crippen LogP contribution < -0.4 is 21.3 Å². The molecule has 12 heteroatoms. The van der Waals surface area contributed by atoms with Gasteiger partial charge in [-0.05, 0) is 95.7 Å². The van der Waals surface area contributed by atoms with Crippen molar-refractivity contribution in [2.24, 2.45) is 11.3 Å². The second kappa shape index (κ2) is 16.6. The molecule has 266 valence electrons. The Morgan fingerprint density at radius 1 is 0.854 bits per heavy atom. The van der Waals surface area contributed by atoms with Gasteiger partial charge in [-0.15, -0.1) is 0 Å². The molecule has 1 aromatic rings. The van der Waals surface area contributed by atoms with Gasteiger partial charge in [-0.25, -0.2) is 4.79 Å². The van der Waals surface area contributed by atoms with Crippen LogP contribution in [0, 0.1) is 11.3 Å². The zero-order chi connectivity index (χ0) is 34.9. The van der Waals surface area contributed by atoms with Gasteiger partial charge in [0.2, 0.25) is 23.6 Å². The van der Waals surface area contributed by atoms with Crippen LogP contribution in [0.4, 0.5) is 4.79 Å². The van der Waals surface area contributed by atoms with Crippen molar-refractivity contribution in [1.82, 2.24) is 31.1 Å². The maximum absolute atomic E-state index is 13.2. The molecule has 2 aliphatic heterocycles. The van der Waals surface area contributed by atoms with Crippen molar-refractivity contribution in [2.75, 3.05) is 39.3 Å². The first-order chi connectivity index (χ1) is 22.7. The highest BCUT2D eigenvalue weighted by molar-refractivity contribution is 5.93. The molecule has 0 bridgehead atoms. The number of likely N-dealkylation sites (tertiary alicyclic amines) is 2. The van der Waals surface area contributed by atoms with Crippen molar-refractivity contribution in [3.63, 3.8) is 0 Å². The summed E-state index contributed by atoms with van der Waals surface area (Å²) >= 11 is 0. The molecule has 2 atom stereocenters. The molecule has 48 heavy (non-hydrogen) atoms. The van der Waals surface area contributed by atoms with E-state index in [1.54, 1.807) is 20.8 Å². The summed E-state index contributed by atoms with van der Waals surface area (Å²) in [6.07, 6.45) is 6.90. The molecular formula is C36H56N6O6. The van der Waals surface area contributed by atoms with Crippen LogP contribution in [0.15, 0.2) is 30.3 Å². The van der Waals surface area contributed by atoms with Crippen LogP contribution in [-0.4, -0.2) is 103 Å². The number of rotatable bonds is 13. The van der Waals surface area contributed by atoms with E-state index in [1.807, 2.05) is 49.1 Å². The topological polar surface area (TPSA) is 149 Å². The number of alkyl carbamates (subject to hydrolysis) is 1. The summed E-state index contributed by atoms with van der Waals surface area (Å²) in [5, 5.41) is 10.6. The lowest BCUT2D eigenvalue weighted by Crippen LogP contribution is -2.56. The molecule has 12 nitrogen and oxygen atoms in total. The average molecular weight is 669 g/mol. The monoisotopic (exact) mass is 668 g/mol. The zero-order valence-corrected chi connectivity index (χ0v) is 29.4. The Kier molecular flexibility index (Phi) is 12.9. The molecule has 1 spiro atoms. The van der Waals surface area contributed by atoms with E-state index in [2.05, 4.69) is 26.2 Å². The molecule has 0 radical (unpaired) electrons. The normalized spacial score (nSPS) is 19.2. The smallest absolute Gasteiger partial charge is 0.408 e. The lowest BCUT2D eigenvalue weighted by Gasteiger charge is -2.54. The Morgan fingerprint density at radius 3 is 2.06 bits per heavy atom. The minimum atomic E-state index is -0.990. The number of carbonyl (C=O) groups excluding carboxylic acids is 5. The summed E-state index contributed by atoms with van der Waals surface area (Å²) in [7, 11) is 0. The van der Waals surface area contributed by atoms with Gasteiger partial charge in [0, 0.05) is 25.6 Å². The van der Waals surface area contributed by atoms with Crippen molar-refractivity contribution < 1.29 is 28.7 Å². The van der Waals surface area contributed by atoms with Gasteiger partial charge in [0.25, 0.3) is 0 Å². The predicted octanol–water partition coefficient (Wildman–Crippen LogP) is 2.75. The highest BCUT2D eigenvalue weighted by Gasteiger charge is 2.48. The summed E-state index contributed by atoms with van der Waals surface area (Å²) < 4.78 is 5.33. The van der Waals surface area contributed by atoms with E-state index in [0.717, 1.165) is 18.4 Å². The first-order valence-electron chi connectivity index (χ1n) is 17.6. The SMILES string of the molecule is CC(C)CC(NC(=O)CNC(=O)[C@@H](Cc1ccccc1)NC(=O)OC(C)(C)C)C(=O)NCC(=O)N1CCC2(CC1)CC(N1CCCC1)C2. The molecular weight excluding hydrogens is 612 g/mol. The van der Waals surface area contributed by atoms with Gasteiger partial charge in [0.05, 0.1) is 13.1 Å². The Labute approximate surface area is 285 Å². The Hall–Kier alpha value is -3.67. The summed E-state index contributed by atoms with van der Waals surface area (Å²) in [6, 6.07) is 8.04. The number of hydrogen-bond donors (Lipinski definition) is 4. The maximum atomic E-state index is 13.2. The second-order valence-corrected chi connectivity index (χ2v) is 15.3. The number of nitrogens with zero attached hydrogens (tertiary/aromatic N) is 2. The van der Waals surface area contributed by atoms with Gasteiger partial charge in [0.15, 0.2) is 0 Å². The third kappa shape index (κ3) is 11.2. The number of carbonyl (C=O) groups is 5. The Morgan fingerprint density at radius 2 is 1.46 bits per heavy atom. The van der Waals surface area contributed by atoms with Crippen LogP contribution >= 0.6 is 0 Å². The van der Waals surface area contributed by atoms with Crippen molar-refractivity contribution in [1.29, 1.82) is 0 Å². The average Bonchev–Trinajstić information content (AvgIpc) is 3.55. The standard InChI is InChI=1S/C36H56N6O6/c1-25(2)19-28(32(45)38-24-31(44)42-17-13-36(14-18-42)21-27(22-36)41-15-9-10-16-41)39-30(43)23-37-33(46)29(20-26-11-7-6-8-12-26)40-34(47)48-35(3,4)5/h6-8,11-12,25,27-29H,9-10,13-24H2,1-5H3,(H,37,46)(H,38,45)(H,39,43)(H,40,47)/t28?,29-/m1/s1. The van der Waals surface area contributed by atoms with E-state index in [9.17, 15) is 24.0 Å². The fourth-order valence-electron chi connectivity index (χ4n) is 7.09. The summed E-state index contributed by atoms with van der Waals surface area (Å²) in [5.41, 5.74) is 0.431. The van der Waals surface area contributed by atoms with Crippen molar-refractivity contribution in [2.45, 2.75) is 110 Å². The Balaban J connectivity index is 1.23. The molecule has 3 aliphatic rings. The molecule has 2 saturated heterocycles. The fourth-order valence-corrected chi connectivity index (χ4v) is 7.09. The zero-order valence-electron chi connectivity index (χ0n) is 29.4. The van der Waals surface area contributed by atoms with E-state index >= 15 is 0 Å². The van der Waals surface area contributed by atoms with E-state index in [0.29, 0.717) is 31.0 Å². The van der Waals surface area contributed by atoms with Crippen molar-refractivity contribution >= 4 is 29.7 Å². The van der Waals surface area contributed by atoms with E-state index < -0.39 is 48.0 Å². The molecule has 2 heterocycles. The summed E-state index contributed by atoms with van der Waals surface area (Å²) in [5.74, 6) is -1.58. The molecule has 3 fully saturated rings. The first-order valence-corrected chi connectivity index (χ1v) is 17.6. The lowest BCUT2D eigenvalue weighted by molar-refractivity contribution is -0.137. The number of hydrogen-bond acceptors (Lipinski definition) is 7. The fraction of sp³-hybridized carbons (Fsp3) is 0.694. The van der Waals surface area contributed by atoms with Gasteiger partial charge in [-0.3, -0.25) is 19.2 Å². The number of ether oxygens (including phenoxy) is 1. The minimum absolute atomic E-state index is 0.0878. The summed E-state index contributed by atoms with van der Waals surface area (Å²) in [6.45, 7) is 12.4. The number of amides is 5. The number of benzene rings is 1. The lowest BCUT2D eigenvalue weighted by atomic mass is 9.60. The summed E-state index contributed by atoms with van der Waals surface area (Å²) in [4.78, 5) is 69.2. The van der Waals surface area contributed by atoms with Crippen LogP contribution in [-0.2, 0) is 30.3 Å². The third-order valence-corrected chi connectivity index (χ3v) is 9.66. The van der Waals surface area contributed by atoms with Crippen LogP contribution in [0.25, 0.3) is 0 Å². The van der Waals surface area contributed by atoms with Gasteiger partial charge in [-0.1, -0.05) is 44.2 Å². The van der Waals surface area contributed by atoms with Gasteiger partial charge >= 0.3 is 6.09 Å². The highest BCUT2D eigenvalue weighted by atomic mass is 16.6. The van der Waals surface area contributed by atoms with E-state index in [4.69, 9.17) is 4.74 Å². The quantitative estimate of drug-likeness (QED) is 0.253. The van der Waals surface area contributed by atoms with Gasteiger partial charge in [0.1, 0.15) is 17.7 Å². The van der Waals surface area contributed by atoms with Crippen molar-refractivity contribution in [3.05, 3.63) is 35.9 Å². The van der Waals surface area contributed by atoms with Gasteiger partial charge < -0.3 is 35.8 Å². The molecule has 4 rings (SSSR count). The number of nitrogens with one attached hydrogen (secondary N) is 4. The van der Waals surface area contributed by atoms with Crippen LogP contribution in [0.5, 0.6) is 0 Å². The van der Waals surface area contributed by atoms with E-state index in [1.165, 1.54) is 38.8 Å². The molecule has 1 saturated carbocycles. The van der Waals surface area contributed by atoms with Gasteiger partial charge in [-0.2, -0.15) is 0 Å². The first kappa shape index (κ1) is 37.2. The molecule has 0 aromatic heterocycles. The predicted molar refractivity (Wildman–Crippen MR) is 183 cm³/mol. The second-order valence-electron chi connectivity index (χ2n) is 15.3. The Bertz CT molecular complexity index is 1260. The van der Waals surface area contributed by atoms with Crippen molar-refractivity contribution in [3.8, 4) is 0 Å². The largest absolute Gasteiger partial charge is 0.444 e. The van der Waals surface area contributed by atoms with Crippen LogP contribution in [0.1, 0.15) is 85.1 Å². The molecule has 1 aliphatic carbocycles. The van der Waals surface area contributed by atoms with E-state index in [-0.39, 0.29) is 24.8 Å².